The maximum absolute atomic E-state index is 14.1. The molecule has 0 radical (unpaired) electrons. The Morgan fingerprint density at radius 3 is 2.26 bits per heavy atom. The van der Waals surface area contributed by atoms with E-state index in [-0.39, 0.29) is 43.5 Å². The third kappa shape index (κ3) is 4.11. The van der Waals surface area contributed by atoms with Crippen molar-refractivity contribution in [1.82, 2.24) is 9.80 Å². The third-order valence-corrected chi connectivity index (χ3v) is 10.4. The highest BCUT2D eigenvalue weighted by molar-refractivity contribution is 6.32. The number of carbonyl (C=O) groups excluding carboxylic acids is 5. The number of rotatable bonds is 5. The number of anilines is 1. The number of halogens is 2. The summed E-state index contributed by atoms with van der Waals surface area (Å²) in [5, 5.41) is 23.2. The minimum Gasteiger partial charge on any atom is -0.507 e. The average molecular weight is 603 g/mol. The van der Waals surface area contributed by atoms with Crippen LogP contribution in [-0.4, -0.2) is 108 Å². The summed E-state index contributed by atoms with van der Waals surface area (Å²) in [7, 11) is 6.62. The van der Waals surface area contributed by atoms with E-state index in [9.17, 15) is 43.0 Å². The molecule has 1 aliphatic heterocycles. The number of nitrogens with two attached hydrogens (primary N) is 1. The molecular formula is C30H36F2N4O7. The van der Waals surface area contributed by atoms with Crippen LogP contribution in [0.4, 0.5) is 14.5 Å². The van der Waals surface area contributed by atoms with Gasteiger partial charge < -0.3 is 20.8 Å². The summed E-state index contributed by atoms with van der Waals surface area (Å²) in [6.45, 7) is 1.09. The number of likely N-dealkylation sites (N-methyl/N-ethyl adjacent to an activating group) is 1. The molecule has 13 heteroatoms. The van der Waals surface area contributed by atoms with Crippen molar-refractivity contribution in [2.75, 3.05) is 46.2 Å². The summed E-state index contributed by atoms with van der Waals surface area (Å²) >= 11 is 0. The highest BCUT2D eigenvalue weighted by Crippen LogP contribution is 2.57. The Morgan fingerprint density at radius 2 is 1.72 bits per heavy atom. The number of alkyl halides is 2. The first-order valence-corrected chi connectivity index (χ1v) is 14.4. The zero-order chi connectivity index (χ0) is 31.5. The lowest BCUT2D eigenvalue weighted by molar-refractivity contribution is -0.215. The first-order valence-electron chi connectivity index (χ1n) is 14.4. The molecule has 232 valence electrons. The zero-order valence-electron chi connectivity index (χ0n) is 24.5. The Labute approximate surface area is 247 Å². The number of amides is 1. The van der Waals surface area contributed by atoms with Gasteiger partial charge in [-0.25, -0.2) is 8.78 Å². The van der Waals surface area contributed by atoms with Crippen LogP contribution in [0.2, 0.25) is 0 Å². The molecule has 4 N–H and O–H groups in total. The van der Waals surface area contributed by atoms with E-state index < -0.39 is 75.7 Å². The Kier molecular flexibility index (Phi) is 6.48. The van der Waals surface area contributed by atoms with E-state index in [4.69, 9.17) is 5.73 Å². The van der Waals surface area contributed by atoms with E-state index in [1.165, 1.54) is 19.0 Å². The van der Waals surface area contributed by atoms with E-state index >= 15 is 0 Å². The molecule has 1 amide bonds. The molecule has 4 fully saturated rings. The molecule has 6 rings (SSSR count). The fourth-order valence-corrected chi connectivity index (χ4v) is 8.75. The number of ketones is 4. The zero-order valence-corrected chi connectivity index (χ0v) is 24.5. The molecule has 43 heavy (non-hydrogen) atoms. The normalized spacial score (nSPS) is 34.3. The number of nitrogens with zero attached hydrogens (tertiary/aromatic N) is 3. The number of hydrogen-bond acceptors (Lipinski definition) is 10. The number of Topliss-reactive ketones (excluding diaryl/α,β-unsaturated/α-hetero) is 4. The number of phenols is 1. The van der Waals surface area contributed by atoms with Gasteiger partial charge >= 0.3 is 0 Å². The number of benzene rings is 1. The van der Waals surface area contributed by atoms with Gasteiger partial charge in [-0.05, 0) is 44.5 Å². The van der Waals surface area contributed by atoms with Crippen LogP contribution in [-0.2, 0) is 32.1 Å². The highest BCUT2D eigenvalue weighted by atomic mass is 19.3. The number of fused-ring (bicyclic) bond motifs is 3. The van der Waals surface area contributed by atoms with Gasteiger partial charge in [0, 0.05) is 69.2 Å². The Hall–Kier alpha value is -3.29. The minimum absolute atomic E-state index is 0.0280. The van der Waals surface area contributed by atoms with Gasteiger partial charge in [0.15, 0.2) is 34.7 Å². The molecule has 0 aromatic heterocycles. The second-order valence-electron chi connectivity index (χ2n) is 13.8. The Morgan fingerprint density at radius 1 is 1.09 bits per heavy atom. The van der Waals surface area contributed by atoms with Crippen LogP contribution in [0.25, 0.3) is 0 Å². The first-order chi connectivity index (χ1) is 19.9. The van der Waals surface area contributed by atoms with Gasteiger partial charge in [0.05, 0.1) is 17.5 Å². The van der Waals surface area contributed by atoms with Crippen molar-refractivity contribution in [3.63, 3.8) is 0 Å². The Balaban J connectivity index is 1.37. The molecule has 2 unspecified atom stereocenters. The van der Waals surface area contributed by atoms with Gasteiger partial charge in [0.1, 0.15) is 5.75 Å². The fourth-order valence-electron chi connectivity index (χ4n) is 8.75. The molecule has 0 bridgehead atoms. The monoisotopic (exact) mass is 602 g/mol. The maximum atomic E-state index is 14.1. The lowest BCUT2D eigenvalue weighted by atomic mass is 9.52. The maximum Gasteiger partial charge on any atom is 0.249 e. The number of primary amides is 1. The summed E-state index contributed by atoms with van der Waals surface area (Å²) in [5.41, 5.74) is 3.64. The van der Waals surface area contributed by atoms with E-state index in [0.717, 1.165) is 0 Å². The topological polar surface area (TPSA) is 162 Å². The van der Waals surface area contributed by atoms with Gasteiger partial charge in [0.2, 0.25) is 11.8 Å². The van der Waals surface area contributed by atoms with E-state index in [2.05, 4.69) is 0 Å². The molecule has 1 heterocycles. The van der Waals surface area contributed by atoms with E-state index in [1.54, 1.807) is 25.1 Å². The predicted molar refractivity (Wildman–Crippen MR) is 148 cm³/mol. The number of likely N-dealkylation sites (tertiary alicyclic amines) is 1. The van der Waals surface area contributed by atoms with Crippen molar-refractivity contribution in [3.8, 4) is 5.75 Å². The summed E-state index contributed by atoms with van der Waals surface area (Å²) in [6, 6.07) is 0.595. The second kappa shape index (κ2) is 9.35. The van der Waals surface area contributed by atoms with Crippen molar-refractivity contribution in [3.05, 3.63) is 22.8 Å². The molecule has 1 aromatic carbocycles. The lowest BCUT2D eigenvalue weighted by Gasteiger charge is -2.58. The summed E-state index contributed by atoms with van der Waals surface area (Å²) in [6.07, 6.45) is -0.202. The van der Waals surface area contributed by atoms with Gasteiger partial charge in [-0.1, -0.05) is 0 Å². The predicted octanol–water partition coefficient (Wildman–Crippen LogP) is 0.164. The van der Waals surface area contributed by atoms with Crippen LogP contribution in [0, 0.1) is 29.1 Å². The van der Waals surface area contributed by atoms with Crippen molar-refractivity contribution in [2.24, 2.45) is 34.8 Å². The molecular weight excluding hydrogens is 566 g/mol. The molecule has 1 spiro atoms. The van der Waals surface area contributed by atoms with Gasteiger partial charge in [-0.3, -0.25) is 33.8 Å². The van der Waals surface area contributed by atoms with Crippen LogP contribution < -0.4 is 10.6 Å². The third-order valence-electron chi connectivity index (χ3n) is 10.4. The second-order valence-corrected chi connectivity index (χ2v) is 13.8. The van der Waals surface area contributed by atoms with Crippen LogP contribution in [0.15, 0.2) is 6.07 Å². The van der Waals surface area contributed by atoms with Crippen LogP contribution in [0.5, 0.6) is 5.75 Å². The molecule has 3 saturated carbocycles. The number of phenolic OH excluding ortho intramolecular Hbond substituents is 1. The molecule has 1 aromatic rings. The SMILES string of the molecule is CN(C)c1cc(CN2CC3(C2)CC(F)(F)C3)c(O)c2c1C[C@H]1C[C@H]3[C@H](N(C)C)C(=O)C(C(N)=O)C(=O)[C@@]3(O)C(=O)C1C2=O. The van der Waals surface area contributed by atoms with Crippen molar-refractivity contribution in [2.45, 2.75) is 49.8 Å². The lowest BCUT2D eigenvalue weighted by Crippen LogP contribution is -2.74. The smallest absolute Gasteiger partial charge is 0.249 e. The average Bonchev–Trinajstić information content (AvgIpc) is 2.84. The summed E-state index contributed by atoms with van der Waals surface area (Å²) < 4.78 is 27.0. The van der Waals surface area contributed by atoms with Crippen molar-refractivity contribution in [1.29, 1.82) is 0 Å². The van der Waals surface area contributed by atoms with Crippen molar-refractivity contribution >= 4 is 34.7 Å². The van der Waals surface area contributed by atoms with Gasteiger partial charge in [-0.2, -0.15) is 0 Å². The number of carbonyl (C=O) groups is 5. The molecule has 4 aliphatic carbocycles. The van der Waals surface area contributed by atoms with Crippen molar-refractivity contribution < 1.29 is 43.0 Å². The number of hydrogen-bond donors (Lipinski definition) is 3. The van der Waals surface area contributed by atoms with Crippen LogP contribution in [0.3, 0.4) is 0 Å². The Bertz CT molecular complexity index is 1480. The molecule has 1 saturated heterocycles. The summed E-state index contributed by atoms with van der Waals surface area (Å²) in [4.78, 5) is 72.2. The molecule has 5 aliphatic rings. The van der Waals surface area contributed by atoms with Gasteiger partial charge in [0.25, 0.3) is 0 Å². The largest absolute Gasteiger partial charge is 0.507 e. The number of aromatic hydroxyl groups is 1. The quantitative estimate of drug-likeness (QED) is 0.396. The summed E-state index contributed by atoms with van der Waals surface area (Å²) in [5.74, 6) is -13.6. The standard InChI is InChI=1S/C30H36F2N4O7/c1-34(2)17-7-14(8-36-11-28(12-36)9-29(31,32)10-28)22(37)19-15(17)5-13-6-16-21(35(3)4)24(39)20(27(33)42)26(41)30(16,43)25(40)18(13)23(19)38/h7,13,16,18,20-21,37,43H,5-6,8-12H2,1-4H3,(H2,33,42)/t13-,16-,18?,20?,21-,30-/m0/s1. The van der Waals surface area contributed by atoms with E-state index in [1.807, 2.05) is 4.90 Å². The first kappa shape index (κ1) is 29.8. The number of aliphatic hydroxyl groups is 1. The molecule has 6 atom stereocenters. The van der Waals surface area contributed by atoms with E-state index in [0.29, 0.717) is 29.9 Å². The van der Waals surface area contributed by atoms with Crippen LogP contribution >= 0.6 is 0 Å². The van der Waals surface area contributed by atoms with Gasteiger partial charge in [-0.15, -0.1) is 0 Å². The minimum atomic E-state index is -2.79. The highest BCUT2D eigenvalue weighted by Gasteiger charge is 2.69. The van der Waals surface area contributed by atoms with Crippen LogP contribution in [0.1, 0.15) is 40.7 Å². The molecule has 11 nitrogen and oxygen atoms in total. The fraction of sp³-hybridized carbons (Fsp3) is 0.633.